The molecule has 0 saturated heterocycles. The van der Waals surface area contributed by atoms with Crippen LogP contribution >= 0.6 is 0 Å². The molecule has 116 valence electrons. The van der Waals surface area contributed by atoms with Crippen molar-refractivity contribution in [3.05, 3.63) is 30.3 Å². The molecular weight excluding hydrogens is 262 g/mol. The van der Waals surface area contributed by atoms with Crippen molar-refractivity contribution >= 4 is 11.6 Å². The van der Waals surface area contributed by atoms with Crippen molar-refractivity contribution in [2.45, 2.75) is 52.2 Å². The summed E-state index contributed by atoms with van der Waals surface area (Å²) < 4.78 is 5.93. The van der Waals surface area contributed by atoms with E-state index in [1.807, 2.05) is 30.3 Å². The number of nitrogens with two attached hydrogens (primary N) is 1. The summed E-state index contributed by atoms with van der Waals surface area (Å²) in [6.45, 7) is 7.44. The first-order chi connectivity index (χ1) is 10.0. The number of ether oxygens (including phenoxy) is 1. The van der Waals surface area contributed by atoms with Crippen LogP contribution in [0.3, 0.4) is 0 Å². The Morgan fingerprint density at radius 3 is 2.71 bits per heavy atom. The Kier molecular flexibility index (Phi) is 5.23. The predicted molar refractivity (Wildman–Crippen MR) is 88.5 cm³/mol. The van der Waals surface area contributed by atoms with Gasteiger partial charge in [-0.1, -0.05) is 45.4 Å². The molecule has 2 atom stereocenters. The van der Waals surface area contributed by atoms with Gasteiger partial charge in [0.1, 0.15) is 0 Å². The molecule has 0 aromatic heterocycles. The van der Waals surface area contributed by atoms with Gasteiger partial charge in [0.05, 0.1) is 12.1 Å². The minimum absolute atomic E-state index is 0.0523. The number of unbranched alkanes of at least 4 members (excludes halogenated alkanes) is 1. The molecule has 0 heterocycles. The molecule has 3 N–H and O–H groups in total. The number of anilines is 1. The summed E-state index contributed by atoms with van der Waals surface area (Å²) in [6, 6.07) is 10.1. The Morgan fingerprint density at radius 2 is 2.10 bits per heavy atom. The van der Waals surface area contributed by atoms with Crippen LogP contribution in [-0.2, 0) is 4.74 Å². The first-order valence-electron chi connectivity index (χ1n) is 7.81. The summed E-state index contributed by atoms with van der Waals surface area (Å²) in [7, 11) is 0. The highest BCUT2D eigenvalue weighted by Gasteiger charge is 2.49. The van der Waals surface area contributed by atoms with Crippen molar-refractivity contribution in [1.82, 2.24) is 0 Å². The SMILES string of the molecule is CCCCOC1CC(N=C(N)Nc2ccccc2)C1(C)C. The molecule has 0 bridgehead atoms. The summed E-state index contributed by atoms with van der Waals surface area (Å²) in [5, 5.41) is 3.13. The molecule has 0 amide bonds. The third kappa shape index (κ3) is 3.97. The minimum Gasteiger partial charge on any atom is -0.377 e. The van der Waals surface area contributed by atoms with E-state index in [1.165, 1.54) is 6.42 Å². The van der Waals surface area contributed by atoms with Gasteiger partial charge in [-0.3, -0.25) is 0 Å². The van der Waals surface area contributed by atoms with Crippen LogP contribution < -0.4 is 11.1 Å². The lowest BCUT2D eigenvalue weighted by Gasteiger charge is -2.49. The van der Waals surface area contributed by atoms with Gasteiger partial charge >= 0.3 is 0 Å². The van der Waals surface area contributed by atoms with Crippen molar-refractivity contribution in [1.29, 1.82) is 0 Å². The van der Waals surface area contributed by atoms with E-state index in [4.69, 9.17) is 10.5 Å². The van der Waals surface area contributed by atoms with Crippen LogP contribution in [0.25, 0.3) is 0 Å². The fourth-order valence-electron chi connectivity index (χ4n) is 2.61. The molecule has 4 nitrogen and oxygen atoms in total. The van der Waals surface area contributed by atoms with E-state index in [0.29, 0.717) is 12.1 Å². The van der Waals surface area contributed by atoms with Gasteiger partial charge in [-0.2, -0.15) is 0 Å². The second kappa shape index (κ2) is 6.94. The summed E-state index contributed by atoms with van der Waals surface area (Å²) in [5.41, 5.74) is 7.02. The number of rotatable bonds is 6. The standard InChI is InChI=1S/C17H27N3O/c1-4-5-11-21-15-12-14(17(15,2)3)20-16(18)19-13-9-7-6-8-10-13/h6-10,14-15H,4-5,11-12H2,1-3H3,(H3,18,19,20). The van der Waals surface area contributed by atoms with Crippen LogP contribution in [0.2, 0.25) is 0 Å². The van der Waals surface area contributed by atoms with Crippen molar-refractivity contribution < 1.29 is 4.74 Å². The molecule has 1 fully saturated rings. The zero-order valence-corrected chi connectivity index (χ0v) is 13.3. The number of benzene rings is 1. The topological polar surface area (TPSA) is 59.6 Å². The number of para-hydroxylation sites is 1. The van der Waals surface area contributed by atoms with Gasteiger partial charge in [0, 0.05) is 17.7 Å². The second-order valence-electron chi connectivity index (χ2n) is 6.29. The molecule has 0 spiro atoms. The molecule has 1 aliphatic carbocycles. The summed E-state index contributed by atoms with van der Waals surface area (Å²) in [4.78, 5) is 4.61. The van der Waals surface area contributed by atoms with E-state index in [1.54, 1.807) is 0 Å². The minimum atomic E-state index is 0.0523. The Morgan fingerprint density at radius 1 is 1.38 bits per heavy atom. The second-order valence-corrected chi connectivity index (χ2v) is 6.29. The number of hydrogen-bond acceptors (Lipinski definition) is 2. The van der Waals surface area contributed by atoms with Crippen molar-refractivity contribution in [3.63, 3.8) is 0 Å². The van der Waals surface area contributed by atoms with Gasteiger partial charge in [0.15, 0.2) is 5.96 Å². The molecule has 21 heavy (non-hydrogen) atoms. The van der Waals surface area contributed by atoms with Gasteiger partial charge < -0.3 is 15.8 Å². The summed E-state index contributed by atoms with van der Waals surface area (Å²) in [5.74, 6) is 0.478. The molecule has 2 rings (SSSR count). The van der Waals surface area contributed by atoms with Gasteiger partial charge in [-0.15, -0.1) is 0 Å². The average Bonchev–Trinajstić information content (AvgIpc) is 2.46. The predicted octanol–water partition coefficient (Wildman–Crippen LogP) is 3.40. The zero-order valence-electron chi connectivity index (χ0n) is 13.3. The van der Waals surface area contributed by atoms with Crippen molar-refractivity contribution in [3.8, 4) is 0 Å². The monoisotopic (exact) mass is 289 g/mol. The van der Waals surface area contributed by atoms with Crippen molar-refractivity contribution in [2.24, 2.45) is 16.1 Å². The lowest BCUT2D eigenvalue weighted by Crippen LogP contribution is -2.54. The molecule has 1 saturated carbocycles. The van der Waals surface area contributed by atoms with Gasteiger partial charge in [-0.25, -0.2) is 4.99 Å². The van der Waals surface area contributed by atoms with Crippen LogP contribution in [0.15, 0.2) is 35.3 Å². The maximum absolute atomic E-state index is 6.00. The molecule has 0 aliphatic heterocycles. The van der Waals surface area contributed by atoms with Crippen LogP contribution in [0, 0.1) is 5.41 Å². The number of aliphatic imine (C=N–C) groups is 1. The molecule has 4 heteroatoms. The molecule has 1 aromatic rings. The fourth-order valence-corrected chi connectivity index (χ4v) is 2.61. The lowest BCUT2D eigenvalue weighted by molar-refractivity contribution is -0.107. The summed E-state index contributed by atoms with van der Waals surface area (Å²) >= 11 is 0. The Balaban J connectivity index is 1.87. The number of hydrogen-bond donors (Lipinski definition) is 2. The molecule has 1 aliphatic rings. The smallest absolute Gasteiger partial charge is 0.193 e. The van der Waals surface area contributed by atoms with Gasteiger partial charge in [-0.05, 0) is 25.0 Å². The lowest BCUT2D eigenvalue weighted by atomic mass is 9.65. The Hall–Kier alpha value is -1.55. The van der Waals surface area contributed by atoms with Gasteiger partial charge in [0.2, 0.25) is 0 Å². The van der Waals surface area contributed by atoms with Gasteiger partial charge in [0.25, 0.3) is 0 Å². The maximum atomic E-state index is 6.00. The molecule has 0 radical (unpaired) electrons. The Bertz CT molecular complexity index is 470. The van der Waals surface area contributed by atoms with Crippen LogP contribution in [0.1, 0.15) is 40.0 Å². The highest BCUT2D eigenvalue weighted by atomic mass is 16.5. The third-order valence-corrected chi connectivity index (χ3v) is 4.28. The number of nitrogens with zero attached hydrogens (tertiary/aromatic N) is 1. The van der Waals surface area contributed by atoms with E-state index < -0.39 is 0 Å². The number of nitrogens with one attached hydrogen (secondary N) is 1. The highest BCUT2D eigenvalue weighted by Crippen LogP contribution is 2.44. The van der Waals surface area contributed by atoms with E-state index in [2.05, 4.69) is 31.1 Å². The fraction of sp³-hybridized carbons (Fsp3) is 0.588. The molecule has 2 unspecified atom stereocenters. The van der Waals surface area contributed by atoms with Crippen LogP contribution in [0.5, 0.6) is 0 Å². The van der Waals surface area contributed by atoms with Crippen molar-refractivity contribution in [2.75, 3.05) is 11.9 Å². The average molecular weight is 289 g/mol. The highest BCUT2D eigenvalue weighted by molar-refractivity contribution is 5.92. The molecular formula is C17H27N3O. The normalized spacial score (nSPS) is 24.4. The maximum Gasteiger partial charge on any atom is 0.193 e. The van der Waals surface area contributed by atoms with E-state index in [-0.39, 0.29) is 11.5 Å². The quantitative estimate of drug-likeness (QED) is 0.479. The van der Waals surface area contributed by atoms with E-state index in [0.717, 1.165) is 25.1 Å². The van der Waals surface area contributed by atoms with Crippen LogP contribution in [0.4, 0.5) is 5.69 Å². The van der Waals surface area contributed by atoms with E-state index >= 15 is 0 Å². The largest absolute Gasteiger partial charge is 0.377 e. The number of guanidine groups is 1. The first-order valence-corrected chi connectivity index (χ1v) is 7.81. The third-order valence-electron chi connectivity index (χ3n) is 4.28. The first kappa shape index (κ1) is 15.8. The summed E-state index contributed by atoms with van der Waals surface area (Å²) in [6.07, 6.45) is 3.54. The van der Waals surface area contributed by atoms with Crippen LogP contribution in [-0.4, -0.2) is 24.7 Å². The zero-order chi connectivity index (χ0) is 15.3. The Labute approximate surface area is 127 Å². The van der Waals surface area contributed by atoms with E-state index in [9.17, 15) is 0 Å². The molecule has 1 aromatic carbocycles.